The molecule has 2 aromatic carbocycles. The van der Waals surface area contributed by atoms with Crippen molar-refractivity contribution in [3.05, 3.63) is 97.0 Å². The van der Waals surface area contributed by atoms with Gasteiger partial charge in [-0.1, -0.05) is 43.8 Å². The number of thiophene rings is 1. The number of para-hydroxylation sites is 1. The molecule has 3 heterocycles. The smallest absolute Gasteiger partial charge is 0.357 e. The van der Waals surface area contributed by atoms with Gasteiger partial charge in [-0.3, -0.25) is 24.3 Å². The molecule has 5 rings (SSSR count). The van der Waals surface area contributed by atoms with Crippen molar-refractivity contribution in [2.45, 2.75) is 14.0 Å². The summed E-state index contributed by atoms with van der Waals surface area (Å²) >= 11 is 1.39. The van der Waals surface area contributed by atoms with Crippen LogP contribution in [-0.2, 0) is 6.54 Å². The van der Waals surface area contributed by atoms with Crippen molar-refractivity contribution in [3.8, 4) is 5.75 Å². The summed E-state index contributed by atoms with van der Waals surface area (Å²) in [5, 5.41) is 14.7. The van der Waals surface area contributed by atoms with E-state index in [1.165, 1.54) is 15.9 Å². The molecule has 2 aromatic heterocycles. The fourth-order valence-corrected chi connectivity index (χ4v) is 5.31. The highest BCUT2D eigenvalue weighted by molar-refractivity contribution is 7.12. The maximum Gasteiger partial charge on any atom is 0.357 e. The van der Waals surface area contributed by atoms with Crippen LogP contribution < -0.4 is 15.2 Å². The number of aromatic nitrogens is 1. The minimum atomic E-state index is -0.651. The first-order valence-electron chi connectivity index (χ1n) is 11.5. The quantitative estimate of drug-likeness (QED) is 0.272. The topological polar surface area (TPSA) is 97.9 Å². The summed E-state index contributed by atoms with van der Waals surface area (Å²) < 4.78 is 6.66. The van der Waals surface area contributed by atoms with Crippen molar-refractivity contribution >= 4 is 39.5 Å². The lowest BCUT2D eigenvalue weighted by Crippen LogP contribution is -2.49. The van der Waals surface area contributed by atoms with E-state index in [0.29, 0.717) is 53.4 Å². The largest absolute Gasteiger partial charge is 0.497 e. The third kappa shape index (κ3) is 4.92. The Labute approximate surface area is 218 Å². The Bertz CT molecular complexity index is 1470. The fourth-order valence-electron chi connectivity index (χ4n) is 4.62. The van der Waals surface area contributed by atoms with Gasteiger partial charge in [-0.2, -0.15) is 0 Å². The Morgan fingerprint density at radius 1 is 1.03 bits per heavy atom. The van der Waals surface area contributed by atoms with E-state index in [2.05, 4.69) is 0 Å². The van der Waals surface area contributed by atoms with Crippen molar-refractivity contribution in [3.63, 3.8) is 0 Å². The summed E-state index contributed by atoms with van der Waals surface area (Å²) in [4.78, 5) is 42.2. The van der Waals surface area contributed by atoms with Gasteiger partial charge in [0.15, 0.2) is 0 Å². The lowest BCUT2D eigenvalue weighted by molar-refractivity contribution is -0.385. The Morgan fingerprint density at radius 2 is 1.73 bits per heavy atom. The van der Waals surface area contributed by atoms with E-state index in [0.717, 1.165) is 5.56 Å². The molecule has 0 bridgehead atoms. The molecule has 4 aromatic rings. The number of nitro groups is 1. The number of amides is 1. The summed E-state index contributed by atoms with van der Waals surface area (Å²) in [6.07, 6.45) is 0. The highest BCUT2D eigenvalue weighted by Gasteiger charge is 2.32. The van der Waals surface area contributed by atoms with E-state index in [1.54, 1.807) is 30.2 Å². The first-order valence-corrected chi connectivity index (χ1v) is 12.4. The van der Waals surface area contributed by atoms with Crippen LogP contribution in [0.1, 0.15) is 22.7 Å². The van der Waals surface area contributed by atoms with Gasteiger partial charge in [-0.15, -0.1) is 11.3 Å². The Balaban J connectivity index is 0.00000320. The van der Waals surface area contributed by atoms with Crippen LogP contribution in [0.2, 0.25) is 0 Å². The predicted molar refractivity (Wildman–Crippen MR) is 146 cm³/mol. The minimum absolute atomic E-state index is 0. The number of nitrogens with zero attached hydrogens (tertiary/aromatic N) is 4. The maximum absolute atomic E-state index is 13.6. The first kappa shape index (κ1) is 25.9. The molecule has 0 aliphatic carbocycles. The summed E-state index contributed by atoms with van der Waals surface area (Å²) in [5.74, 6) is 0.646. The number of hydrogen-bond acceptors (Lipinski definition) is 7. The van der Waals surface area contributed by atoms with Gasteiger partial charge in [0.2, 0.25) is 0 Å². The van der Waals surface area contributed by atoms with Crippen molar-refractivity contribution < 1.29 is 14.5 Å². The molecule has 1 aliphatic rings. The van der Waals surface area contributed by atoms with Gasteiger partial charge < -0.3 is 14.5 Å². The van der Waals surface area contributed by atoms with Crippen LogP contribution in [0.25, 0.3) is 10.9 Å². The monoisotopic (exact) mass is 520 g/mol. The van der Waals surface area contributed by atoms with Crippen molar-refractivity contribution in [2.75, 3.05) is 38.2 Å². The molecule has 192 valence electrons. The minimum Gasteiger partial charge on any atom is -0.497 e. The molecule has 10 heteroatoms. The maximum atomic E-state index is 13.6. The van der Waals surface area contributed by atoms with E-state index in [4.69, 9.17) is 4.74 Å². The summed E-state index contributed by atoms with van der Waals surface area (Å²) in [6, 6.07) is 18.1. The van der Waals surface area contributed by atoms with E-state index in [9.17, 15) is 19.7 Å². The zero-order chi connectivity index (χ0) is 25.2. The second-order valence-corrected chi connectivity index (χ2v) is 9.42. The summed E-state index contributed by atoms with van der Waals surface area (Å²) in [6.45, 7) is 1.80. The molecule has 1 amide bonds. The Hall–Kier alpha value is -4.18. The van der Waals surface area contributed by atoms with Gasteiger partial charge >= 0.3 is 11.2 Å². The van der Waals surface area contributed by atoms with Crippen LogP contribution in [-0.4, -0.2) is 53.6 Å². The second kappa shape index (κ2) is 10.8. The van der Waals surface area contributed by atoms with Crippen molar-refractivity contribution in [1.82, 2.24) is 9.47 Å². The average Bonchev–Trinajstić information content (AvgIpc) is 3.45. The number of anilines is 1. The number of methoxy groups -OCH3 is 1. The average molecular weight is 521 g/mol. The molecule has 0 radical (unpaired) electrons. The van der Waals surface area contributed by atoms with Gasteiger partial charge in [-0.05, 0) is 35.2 Å². The number of carbonyl (C=O) groups is 1. The Kier molecular flexibility index (Phi) is 7.58. The second-order valence-electron chi connectivity index (χ2n) is 8.47. The van der Waals surface area contributed by atoms with Crippen LogP contribution in [0.4, 0.5) is 11.4 Å². The number of benzene rings is 2. The lowest BCUT2D eigenvalue weighted by Gasteiger charge is -2.36. The van der Waals surface area contributed by atoms with Gasteiger partial charge in [0.1, 0.15) is 11.4 Å². The molecular formula is C27H28N4O5S. The SMILES string of the molecule is C.COc1ccc(Cn2c(=O)c([N+](=O)[O-])c(N3CCN(C(=O)c4cccs4)CC3)c3ccccc32)cc1. The number of hydrogen-bond donors (Lipinski definition) is 0. The lowest BCUT2D eigenvalue weighted by atomic mass is 10.1. The molecule has 1 aliphatic heterocycles. The van der Waals surface area contributed by atoms with Gasteiger partial charge in [0.25, 0.3) is 5.91 Å². The molecule has 0 unspecified atom stereocenters. The van der Waals surface area contributed by atoms with Gasteiger partial charge in [0, 0.05) is 31.6 Å². The number of ether oxygens (including phenoxy) is 1. The van der Waals surface area contributed by atoms with Crippen molar-refractivity contribution in [2.24, 2.45) is 0 Å². The molecular weight excluding hydrogens is 492 g/mol. The molecule has 0 atom stereocenters. The molecule has 0 spiro atoms. The number of rotatable bonds is 6. The van der Waals surface area contributed by atoms with Crippen LogP contribution in [0.5, 0.6) is 5.75 Å². The molecule has 9 nitrogen and oxygen atoms in total. The first-order chi connectivity index (χ1) is 17.5. The fraction of sp³-hybridized carbons (Fsp3) is 0.259. The highest BCUT2D eigenvalue weighted by atomic mass is 32.1. The van der Waals surface area contributed by atoms with Crippen LogP contribution in [0.3, 0.4) is 0 Å². The Morgan fingerprint density at radius 3 is 2.35 bits per heavy atom. The molecule has 0 N–H and O–H groups in total. The van der Waals surface area contributed by atoms with E-state index in [-0.39, 0.29) is 19.9 Å². The van der Waals surface area contributed by atoms with E-state index >= 15 is 0 Å². The third-order valence-electron chi connectivity index (χ3n) is 6.42. The number of fused-ring (bicyclic) bond motifs is 1. The van der Waals surface area contributed by atoms with Crippen LogP contribution in [0.15, 0.2) is 70.8 Å². The standard InChI is InChI=1S/C26H24N4O5S.CH4/c1-35-19-10-8-18(9-11-19)17-29-21-6-3-2-5-20(21)23(24(26(29)32)30(33)34)27-12-14-28(15-13-27)25(31)22-7-4-16-36-22;/h2-11,16H,12-15,17H2,1H3;1H4. The van der Waals surface area contributed by atoms with Crippen molar-refractivity contribution in [1.29, 1.82) is 0 Å². The molecule has 37 heavy (non-hydrogen) atoms. The third-order valence-corrected chi connectivity index (χ3v) is 7.28. The number of carbonyl (C=O) groups excluding carboxylic acids is 1. The van der Waals surface area contributed by atoms with Gasteiger partial charge in [0.05, 0.1) is 29.0 Å². The molecule has 1 saturated heterocycles. The zero-order valence-corrected chi connectivity index (χ0v) is 20.4. The number of piperazine rings is 1. The normalized spacial score (nSPS) is 13.3. The predicted octanol–water partition coefficient (Wildman–Crippen LogP) is 4.63. The highest BCUT2D eigenvalue weighted by Crippen LogP contribution is 2.34. The molecule has 1 fully saturated rings. The van der Waals surface area contributed by atoms with Gasteiger partial charge in [-0.25, -0.2) is 0 Å². The van der Waals surface area contributed by atoms with E-state index in [1.807, 2.05) is 52.7 Å². The zero-order valence-electron chi connectivity index (χ0n) is 19.6. The van der Waals surface area contributed by atoms with Crippen LogP contribution in [0, 0.1) is 10.1 Å². The number of pyridine rings is 1. The van der Waals surface area contributed by atoms with Crippen LogP contribution >= 0.6 is 11.3 Å². The summed E-state index contributed by atoms with van der Waals surface area (Å²) in [7, 11) is 1.58. The van der Waals surface area contributed by atoms with E-state index < -0.39 is 16.2 Å². The molecule has 0 saturated carbocycles. The summed E-state index contributed by atoms with van der Waals surface area (Å²) in [5.41, 5.74) is 0.665.